The Morgan fingerprint density at radius 1 is 1.27 bits per heavy atom. The number of anilines is 1. The summed E-state index contributed by atoms with van der Waals surface area (Å²) in [5.74, 6) is -0.217. The molecule has 0 amide bonds. The molecule has 1 aliphatic heterocycles. The van der Waals surface area contributed by atoms with E-state index in [9.17, 15) is 19.6 Å². The minimum absolute atomic E-state index is 0.219. The molecule has 13 nitrogen and oxygen atoms in total. The first kappa shape index (κ1) is 27.0. The lowest BCUT2D eigenvalue weighted by atomic mass is 9.94. The van der Waals surface area contributed by atoms with Crippen molar-refractivity contribution >= 4 is 30.6 Å². The van der Waals surface area contributed by atoms with E-state index in [-0.39, 0.29) is 11.6 Å². The third kappa shape index (κ3) is 5.33. The van der Waals surface area contributed by atoms with E-state index in [2.05, 4.69) is 15.1 Å². The van der Waals surface area contributed by atoms with Crippen LogP contribution in [0.4, 0.5) is 5.82 Å². The van der Waals surface area contributed by atoms with Gasteiger partial charge in [0.1, 0.15) is 47.4 Å². The Hall–Kier alpha value is -3.06. The minimum atomic E-state index is -4.23. The Kier molecular flexibility index (Phi) is 7.56. The summed E-state index contributed by atoms with van der Waals surface area (Å²) < 4.78 is 37.5. The number of nitrogen functional groups attached to an aromatic ring is 1. The topological polar surface area (TPSA) is 180 Å². The number of benzene rings is 1. The maximum absolute atomic E-state index is 13.8. The lowest BCUT2D eigenvalue weighted by Gasteiger charge is -2.29. The van der Waals surface area contributed by atoms with Crippen LogP contribution in [0.2, 0.25) is 0 Å². The number of hydrogen-bond donors (Lipinski definition) is 4. The second-order valence-corrected chi connectivity index (χ2v) is 10.6. The molecule has 1 fully saturated rings. The third-order valence-corrected chi connectivity index (χ3v) is 7.90. The van der Waals surface area contributed by atoms with Crippen LogP contribution in [0.1, 0.15) is 27.0 Å². The number of nitrogens with two attached hydrogens (primary N) is 1. The smallest absolute Gasteiger partial charge is 0.459 e. The van der Waals surface area contributed by atoms with Crippen molar-refractivity contribution in [2.45, 2.75) is 57.0 Å². The Balaban J connectivity index is 1.60. The Bertz CT molecular complexity index is 1300. The van der Waals surface area contributed by atoms with Crippen molar-refractivity contribution in [3.63, 3.8) is 0 Å². The summed E-state index contributed by atoms with van der Waals surface area (Å²) in [7, 11) is -3.04. The van der Waals surface area contributed by atoms with Crippen LogP contribution in [0.3, 0.4) is 0 Å². The number of carbonyl (C=O) groups is 1. The van der Waals surface area contributed by atoms with E-state index in [1.807, 2.05) is 0 Å². The number of aliphatic hydroxyl groups excluding tert-OH is 1. The largest absolute Gasteiger partial charge is 0.468 e. The molecule has 0 aliphatic carbocycles. The van der Waals surface area contributed by atoms with Gasteiger partial charge in [-0.3, -0.25) is 9.32 Å². The molecule has 0 bridgehead atoms. The lowest BCUT2D eigenvalue weighted by molar-refractivity contribution is -0.142. The Morgan fingerprint density at radius 2 is 1.97 bits per heavy atom. The number of nitrogens with zero attached hydrogens (tertiary/aromatic N) is 3. The van der Waals surface area contributed by atoms with Gasteiger partial charge in [-0.05, 0) is 39.0 Å². The van der Waals surface area contributed by atoms with Crippen molar-refractivity contribution in [3.8, 4) is 5.75 Å². The van der Waals surface area contributed by atoms with Gasteiger partial charge in [0, 0.05) is 6.20 Å². The fraction of sp³-hybridized carbons (Fsp3) is 0.435. The number of esters is 1. The molecule has 14 heteroatoms. The zero-order valence-corrected chi connectivity index (χ0v) is 21.6. The molecule has 1 aliphatic rings. The van der Waals surface area contributed by atoms with E-state index >= 15 is 0 Å². The van der Waals surface area contributed by atoms with Gasteiger partial charge in [-0.2, -0.15) is 5.09 Å². The van der Waals surface area contributed by atoms with Gasteiger partial charge in [-0.25, -0.2) is 14.5 Å². The molecule has 7 atom stereocenters. The van der Waals surface area contributed by atoms with Crippen LogP contribution in [0.25, 0.3) is 11.0 Å². The molecule has 3 aromatic rings. The van der Waals surface area contributed by atoms with Gasteiger partial charge >= 0.3 is 13.7 Å². The molecule has 5 N–H and O–H groups in total. The SMILES string of the molecule is COC(=O)[C@H](C)NP(=O)(Oc1ccccc1)O[C@@H](C)[C@H]1O[C@@H](n2ccc3c(N)ncnc32)[C@](C)(O)[C@@H]1O. The van der Waals surface area contributed by atoms with E-state index < -0.39 is 49.9 Å². The highest BCUT2D eigenvalue weighted by molar-refractivity contribution is 7.52. The molecule has 3 heterocycles. The van der Waals surface area contributed by atoms with Gasteiger partial charge in [-0.1, -0.05) is 18.2 Å². The van der Waals surface area contributed by atoms with Gasteiger partial charge in [0.2, 0.25) is 0 Å². The van der Waals surface area contributed by atoms with Crippen molar-refractivity contribution in [2.75, 3.05) is 12.8 Å². The number of methoxy groups -OCH3 is 1. The van der Waals surface area contributed by atoms with Crippen LogP contribution in [0.5, 0.6) is 5.75 Å². The minimum Gasteiger partial charge on any atom is -0.468 e. The van der Waals surface area contributed by atoms with Gasteiger partial charge in [0.25, 0.3) is 0 Å². The number of para-hydroxylation sites is 1. The lowest BCUT2D eigenvalue weighted by Crippen LogP contribution is -2.46. The fourth-order valence-corrected chi connectivity index (χ4v) is 5.87. The second kappa shape index (κ2) is 10.4. The van der Waals surface area contributed by atoms with E-state index in [0.717, 1.165) is 0 Å². The first-order valence-corrected chi connectivity index (χ1v) is 13.0. The number of aliphatic hydroxyl groups is 2. The highest BCUT2D eigenvalue weighted by Gasteiger charge is 2.56. The van der Waals surface area contributed by atoms with Crippen LogP contribution in [0, 0.1) is 0 Å². The van der Waals surface area contributed by atoms with E-state index in [1.54, 1.807) is 42.6 Å². The van der Waals surface area contributed by atoms with Gasteiger partial charge < -0.3 is 34.5 Å². The van der Waals surface area contributed by atoms with Gasteiger partial charge in [0.05, 0.1) is 18.6 Å². The number of carbonyl (C=O) groups excluding carboxylic acids is 1. The standard InChI is InChI=1S/C23H30N5O8P/c1-13(21(30)33-4)27-37(32,36-15-8-6-5-7-9-15)35-14(2)17-18(29)23(3,31)22(34-17)28-11-10-16-19(24)25-12-26-20(16)28/h5-14,17-18,22,29,31H,1-4H3,(H,27,32)(H2,24,25,26)/t13-,14-,17+,18+,22+,23+,37?/m0/s1. The predicted molar refractivity (Wildman–Crippen MR) is 132 cm³/mol. The fourth-order valence-electron chi connectivity index (χ4n) is 4.18. The van der Waals surface area contributed by atoms with Crippen molar-refractivity contribution < 1.29 is 38.1 Å². The van der Waals surface area contributed by atoms with Crippen molar-refractivity contribution in [3.05, 3.63) is 48.9 Å². The van der Waals surface area contributed by atoms with Gasteiger partial charge in [-0.15, -0.1) is 0 Å². The van der Waals surface area contributed by atoms with Crippen molar-refractivity contribution in [1.29, 1.82) is 0 Å². The molecular weight excluding hydrogens is 505 g/mol. The summed E-state index contributed by atoms with van der Waals surface area (Å²) in [4.78, 5) is 20.2. The summed E-state index contributed by atoms with van der Waals surface area (Å²) in [6.07, 6.45) is -1.91. The molecule has 37 heavy (non-hydrogen) atoms. The average molecular weight is 535 g/mol. The number of rotatable bonds is 9. The summed E-state index contributed by atoms with van der Waals surface area (Å²) in [6.45, 7) is 4.35. The molecule has 0 radical (unpaired) electrons. The first-order chi connectivity index (χ1) is 17.5. The summed E-state index contributed by atoms with van der Waals surface area (Å²) >= 11 is 0. The monoisotopic (exact) mass is 535 g/mol. The summed E-state index contributed by atoms with van der Waals surface area (Å²) in [6, 6.07) is 8.86. The Morgan fingerprint density at radius 3 is 2.65 bits per heavy atom. The second-order valence-electron chi connectivity index (χ2n) is 8.93. The average Bonchev–Trinajstić information content (AvgIpc) is 3.38. The maximum Gasteiger partial charge on any atom is 0.459 e. The molecular formula is C23H30N5O8P. The van der Waals surface area contributed by atoms with Gasteiger partial charge in [0.15, 0.2) is 6.23 Å². The molecule has 0 saturated carbocycles. The molecule has 200 valence electrons. The zero-order valence-electron chi connectivity index (χ0n) is 20.7. The highest BCUT2D eigenvalue weighted by atomic mass is 31.2. The zero-order chi connectivity index (χ0) is 27.0. The van der Waals surface area contributed by atoms with Crippen molar-refractivity contribution in [1.82, 2.24) is 19.6 Å². The van der Waals surface area contributed by atoms with Crippen molar-refractivity contribution in [2.24, 2.45) is 0 Å². The number of aromatic nitrogens is 3. The molecule has 1 unspecified atom stereocenters. The van der Waals surface area contributed by atoms with Crippen LogP contribution >= 0.6 is 7.75 Å². The maximum atomic E-state index is 13.8. The molecule has 1 saturated heterocycles. The van der Waals surface area contributed by atoms with Crippen LogP contribution in [0.15, 0.2) is 48.9 Å². The quantitative estimate of drug-likeness (QED) is 0.231. The molecule has 2 aromatic heterocycles. The van der Waals surface area contributed by atoms with Crippen LogP contribution in [-0.2, 0) is 23.4 Å². The predicted octanol–water partition coefficient (Wildman–Crippen LogP) is 1.77. The highest BCUT2D eigenvalue weighted by Crippen LogP contribution is 2.49. The number of ether oxygens (including phenoxy) is 2. The Labute approximate surface area is 213 Å². The summed E-state index contributed by atoms with van der Waals surface area (Å²) in [5, 5.41) is 25.3. The number of hydrogen-bond acceptors (Lipinski definition) is 11. The molecule has 1 aromatic carbocycles. The summed E-state index contributed by atoms with van der Waals surface area (Å²) in [5.41, 5.74) is 4.51. The third-order valence-electron chi connectivity index (χ3n) is 6.13. The normalized spacial score (nSPS) is 26.9. The van der Waals surface area contributed by atoms with E-state index in [0.29, 0.717) is 11.0 Å². The molecule has 4 rings (SSSR count). The van der Waals surface area contributed by atoms with Crippen LogP contribution in [-0.4, -0.2) is 67.8 Å². The number of fused-ring (bicyclic) bond motifs is 1. The molecule has 0 spiro atoms. The first-order valence-electron chi connectivity index (χ1n) is 11.5. The van der Waals surface area contributed by atoms with E-state index in [1.165, 1.54) is 38.8 Å². The number of nitrogens with one attached hydrogen (secondary N) is 1. The van der Waals surface area contributed by atoms with E-state index in [4.69, 9.17) is 24.3 Å². The van der Waals surface area contributed by atoms with Crippen LogP contribution < -0.4 is 15.3 Å².